The molecular formula is C13H22O4. The second kappa shape index (κ2) is 8.23. The van der Waals surface area contributed by atoms with Crippen LogP contribution in [0.1, 0.15) is 45.4 Å². The van der Waals surface area contributed by atoms with Gasteiger partial charge >= 0.3 is 5.97 Å². The number of esters is 1. The van der Waals surface area contributed by atoms with E-state index in [1.54, 1.807) is 0 Å². The van der Waals surface area contributed by atoms with Gasteiger partial charge in [0, 0.05) is 25.6 Å². The lowest BCUT2D eigenvalue weighted by atomic mass is 9.93. The van der Waals surface area contributed by atoms with Crippen molar-refractivity contribution < 1.29 is 19.1 Å². The summed E-state index contributed by atoms with van der Waals surface area (Å²) in [6, 6.07) is 0. The van der Waals surface area contributed by atoms with Crippen molar-refractivity contribution in [2.75, 3.05) is 19.8 Å². The third kappa shape index (κ3) is 5.82. The van der Waals surface area contributed by atoms with E-state index >= 15 is 0 Å². The van der Waals surface area contributed by atoms with E-state index in [2.05, 4.69) is 0 Å². The molecule has 1 heterocycles. The molecule has 1 aliphatic heterocycles. The Bertz CT molecular complexity index is 244. The molecular weight excluding hydrogens is 220 g/mol. The second-order valence-electron chi connectivity index (χ2n) is 4.43. The zero-order valence-electron chi connectivity index (χ0n) is 10.6. The van der Waals surface area contributed by atoms with E-state index < -0.39 is 0 Å². The highest BCUT2D eigenvalue weighted by Crippen LogP contribution is 2.17. The van der Waals surface area contributed by atoms with Crippen molar-refractivity contribution >= 4 is 11.8 Å². The molecule has 0 aromatic carbocycles. The largest absolute Gasteiger partial charge is 0.466 e. The van der Waals surface area contributed by atoms with Gasteiger partial charge in [-0.1, -0.05) is 13.3 Å². The molecule has 1 saturated heterocycles. The summed E-state index contributed by atoms with van der Waals surface area (Å²) in [5, 5.41) is 0. The minimum Gasteiger partial charge on any atom is -0.466 e. The van der Waals surface area contributed by atoms with Crippen LogP contribution >= 0.6 is 0 Å². The van der Waals surface area contributed by atoms with E-state index in [0.717, 1.165) is 25.7 Å². The number of Topliss-reactive ketones (excluding diaryl/α,β-unsaturated/α-hetero) is 1. The lowest BCUT2D eigenvalue weighted by Crippen LogP contribution is -2.24. The number of carbonyl (C=O) groups is 2. The monoisotopic (exact) mass is 242 g/mol. The van der Waals surface area contributed by atoms with Crippen LogP contribution < -0.4 is 0 Å². The molecule has 0 bridgehead atoms. The van der Waals surface area contributed by atoms with Gasteiger partial charge < -0.3 is 9.47 Å². The topological polar surface area (TPSA) is 52.6 Å². The molecule has 4 nitrogen and oxygen atoms in total. The summed E-state index contributed by atoms with van der Waals surface area (Å²) in [5.74, 6) is 0.0202. The summed E-state index contributed by atoms with van der Waals surface area (Å²) in [7, 11) is 0. The van der Waals surface area contributed by atoms with Crippen LogP contribution in [0, 0.1) is 5.92 Å². The van der Waals surface area contributed by atoms with Crippen molar-refractivity contribution in [2.45, 2.75) is 45.4 Å². The number of ketones is 1. The van der Waals surface area contributed by atoms with E-state index in [1.807, 2.05) is 6.92 Å². The maximum absolute atomic E-state index is 11.8. The Morgan fingerprint density at radius 2 is 1.94 bits per heavy atom. The number of hydrogen-bond donors (Lipinski definition) is 0. The first-order valence-corrected chi connectivity index (χ1v) is 6.50. The van der Waals surface area contributed by atoms with Crippen molar-refractivity contribution in [1.29, 1.82) is 0 Å². The van der Waals surface area contributed by atoms with Gasteiger partial charge in [-0.25, -0.2) is 0 Å². The van der Waals surface area contributed by atoms with Gasteiger partial charge in [-0.15, -0.1) is 0 Å². The highest BCUT2D eigenvalue weighted by molar-refractivity contribution is 5.84. The van der Waals surface area contributed by atoms with Crippen LogP contribution in [0.3, 0.4) is 0 Å². The molecule has 98 valence electrons. The van der Waals surface area contributed by atoms with Gasteiger partial charge in [-0.05, 0) is 19.3 Å². The second-order valence-corrected chi connectivity index (χ2v) is 4.43. The Morgan fingerprint density at radius 1 is 1.24 bits per heavy atom. The SMILES string of the molecule is CCCCOC(=O)CCC(=O)C1CCOCC1. The Labute approximate surface area is 103 Å². The van der Waals surface area contributed by atoms with Crippen LogP contribution in [0.15, 0.2) is 0 Å². The minimum absolute atomic E-state index is 0.0900. The van der Waals surface area contributed by atoms with Crippen LogP contribution in [0.2, 0.25) is 0 Å². The Morgan fingerprint density at radius 3 is 2.59 bits per heavy atom. The summed E-state index contributed by atoms with van der Waals surface area (Å²) in [4.78, 5) is 23.1. The summed E-state index contributed by atoms with van der Waals surface area (Å²) in [6.45, 7) is 3.85. The van der Waals surface area contributed by atoms with E-state index in [1.165, 1.54) is 0 Å². The number of hydrogen-bond acceptors (Lipinski definition) is 4. The molecule has 0 aromatic heterocycles. The standard InChI is InChI=1S/C13H22O4/c1-2-3-8-17-13(15)5-4-12(14)11-6-9-16-10-7-11/h11H,2-10H2,1H3. The number of carbonyl (C=O) groups excluding carboxylic acids is 2. The highest BCUT2D eigenvalue weighted by atomic mass is 16.5. The highest BCUT2D eigenvalue weighted by Gasteiger charge is 2.21. The van der Waals surface area contributed by atoms with Crippen molar-refractivity contribution in [1.82, 2.24) is 0 Å². The molecule has 1 aliphatic rings. The average molecular weight is 242 g/mol. The summed E-state index contributed by atoms with van der Waals surface area (Å²) in [5.41, 5.74) is 0. The predicted molar refractivity (Wildman–Crippen MR) is 63.7 cm³/mol. The van der Waals surface area contributed by atoms with Gasteiger partial charge in [0.2, 0.25) is 0 Å². The van der Waals surface area contributed by atoms with Crippen molar-refractivity contribution in [3.63, 3.8) is 0 Å². The van der Waals surface area contributed by atoms with E-state index in [-0.39, 0.29) is 24.1 Å². The van der Waals surface area contributed by atoms with Gasteiger partial charge in [0.15, 0.2) is 0 Å². The molecule has 0 aliphatic carbocycles. The summed E-state index contributed by atoms with van der Waals surface area (Å²) in [6.07, 6.45) is 4.02. The molecule has 4 heteroatoms. The maximum Gasteiger partial charge on any atom is 0.306 e. The molecule has 0 amide bonds. The normalized spacial score (nSPS) is 16.8. The first-order valence-electron chi connectivity index (χ1n) is 6.50. The van der Waals surface area contributed by atoms with Gasteiger partial charge in [-0.2, -0.15) is 0 Å². The number of ether oxygens (including phenoxy) is 2. The Kier molecular flexibility index (Phi) is 6.86. The molecule has 0 saturated carbocycles. The van der Waals surface area contributed by atoms with Gasteiger partial charge in [-0.3, -0.25) is 9.59 Å². The first-order chi connectivity index (χ1) is 8.24. The van der Waals surface area contributed by atoms with E-state index in [9.17, 15) is 9.59 Å². The summed E-state index contributed by atoms with van der Waals surface area (Å²) >= 11 is 0. The van der Waals surface area contributed by atoms with Crippen molar-refractivity contribution in [2.24, 2.45) is 5.92 Å². The Balaban J connectivity index is 2.11. The van der Waals surface area contributed by atoms with E-state index in [4.69, 9.17) is 9.47 Å². The van der Waals surface area contributed by atoms with Gasteiger partial charge in [0.1, 0.15) is 5.78 Å². The number of rotatable bonds is 7. The fourth-order valence-electron chi connectivity index (χ4n) is 1.85. The fraction of sp³-hybridized carbons (Fsp3) is 0.846. The molecule has 0 spiro atoms. The average Bonchev–Trinajstić information content (AvgIpc) is 2.37. The van der Waals surface area contributed by atoms with E-state index in [0.29, 0.717) is 26.2 Å². The molecule has 0 aromatic rings. The zero-order chi connectivity index (χ0) is 12.5. The molecule has 0 radical (unpaired) electrons. The van der Waals surface area contributed by atoms with Crippen molar-refractivity contribution in [3.05, 3.63) is 0 Å². The molecule has 1 fully saturated rings. The first kappa shape index (κ1) is 14.2. The lowest BCUT2D eigenvalue weighted by molar-refractivity contribution is -0.145. The van der Waals surface area contributed by atoms with Crippen molar-refractivity contribution in [3.8, 4) is 0 Å². The van der Waals surface area contributed by atoms with Crippen LogP contribution in [0.25, 0.3) is 0 Å². The minimum atomic E-state index is -0.251. The number of unbranched alkanes of at least 4 members (excludes halogenated alkanes) is 1. The third-order valence-electron chi connectivity index (χ3n) is 3.01. The van der Waals surface area contributed by atoms with Crippen LogP contribution in [-0.2, 0) is 19.1 Å². The Hall–Kier alpha value is -0.900. The predicted octanol–water partition coefficient (Wildman–Crippen LogP) is 2.11. The molecule has 0 unspecified atom stereocenters. The summed E-state index contributed by atoms with van der Waals surface area (Å²) < 4.78 is 10.2. The fourth-order valence-corrected chi connectivity index (χ4v) is 1.85. The maximum atomic E-state index is 11.8. The van der Waals surface area contributed by atoms with Gasteiger partial charge in [0.05, 0.1) is 13.0 Å². The molecule has 0 N–H and O–H groups in total. The van der Waals surface area contributed by atoms with Gasteiger partial charge in [0.25, 0.3) is 0 Å². The zero-order valence-corrected chi connectivity index (χ0v) is 10.6. The molecule has 17 heavy (non-hydrogen) atoms. The van der Waals surface area contributed by atoms with Crippen LogP contribution in [0.4, 0.5) is 0 Å². The van der Waals surface area contributed by atoms with Crippen LogP contribution in [0.5, 0.6) is 0 Å². The molecule has 1 rings (SSSR count). The quantitative estimate of drug-likeness (QED) is 0.507. The smallest absolute Gasteiger partial charge is 0.306 e. The third-order valence-corrected chi connectivity index (χ3v) is 3.01. The lowest BCUT2D eigenvalue weighted by Gasteiger charge is -2.20. The molecule has 0 atom stereocenters. The van der Waals surface area contributed by atoms with Crippen LogP contribution in [-0.4, -0.2) is 31.6 Å².